The zero-order chi connectivity index (χ0) is 13.3. The lowest BCUT2D eigenvalue weighted by Gasteiger charge is -2.37. The van der Waals surface area contributed by atoms with Gasteiger partial charge in [0, 0.05) is 26.2 Å². The minimum Gasteiger partial charge on any atom is -0.394 e. The zero-order valence-electron chi connectivity index (χ0n) is 12.1. The van der Waals surface area contributed by atoms with Crippen molar-refractivity contribution in [2.75, 3.05) is 40.0 Å². The Bertz CT molecular complexity index is 305. The summed E-state index contributed by atoms with van der Waals surface area (Å²) in [5, 5.41) is 13.7. The number of nitrogens with one attached hydrogen (secondary N) is 1. The van der Waals surface area contributed by atoms with Crippen molar-refractivity contribution < 1.29 is 9.84 Å². The molecule has 19 heavy (non-hydrogen) atoms. The molecule has 2 saturated carbocycles. The van der Waals surface area contributed by atoms with Crippen molar-refractivity contribution in [3.05, 3.63) is 0 Å². The van der Waals surface area contributed by atoms with E-state index in [1.54, 1.807) is 7.11 Å². The van der Waals surface area contributed by atoms with Crippen molar-refractivity contribution in [2.24, 2.45) is 11.8 Å². The average Bonchev–Trinajstić information content (AvgIpc) is 3.30. The number of methoxy groups -OCH3 is 1. The van der Waals surface area contributed by atoms with Crippen molar-refractivity contribution in [1.29, 1.82) is 0 Å². The number of hydrogen-bond acceptors (Lipinski definition) is 4. The predicted octanol–water partition coefficient (Wildman–Crippen LogP) is 0.848. The fourth-order valence-corrected chi connectivity index (χ4v) is 3.61. The van der Waals surface area contributed by atoms with Gasteiger partial charge in [0.05, 0.1) is 18.8 Å². The van der Waals surface area contributed by atoms with Crippen LogP contribution in [0.4, 0.5) is 0 Å². The molecule has 1 saturated heterocycles. The van der Waals surface area contributed by atoms with Crippen LogP contribution in [0.5, 0.6) is 0 Å². The van der Waals surface area contributed by atoms with E-state index in [0.717, 1.165) is 26.2 Å². The molecular weight excluding hydrogens is 240 g/mol. The monoisotopic (exact) mass is 268 g/mol. The number of aliphatic hydroxyl groups is 1. The molecule has 0 aromatic carbocycles. The van der Waals surface area contributed by atoms with Crippen molar-refractivity contribution in [1.82, 2.24) is 10.2 Å². The van der Waals surface area contributed by atoms with Crippen LogP contribution in [0, 0.1) is 11.8 Å². The quantitative estimate of drug-likeness (QED) is 0.685. The Hall–Kier alpha value is -0.160. The highest BCUT2D eigenvalue weighted by Crippen LogP contribution is 2.42. The smallest absolute Gasteiger partial charge is 0.0628 e. The minimum atomic E-state index is -0.0247. The molecule has 3 fully saturated rings. The highest BCUT2D eigenvalue weighted by Gasteiger charge is 2.48. The second kappa shape index (κ2) is 5.68. The molecule has 4 nitrogen and oxygen atoms in total. The van der Waals surface area contributed by atoms with E-state index in [4.69, 9.17) is 4.74 Å². The summed E-state index contributed by atoms with van der Waals surface area (Å²) in [7, 11) is 1.79. The first-order chi connectivity index (χ1) is 9.25. The molecule has 2 atom stereocenters. The van der Waals surface area contributed by atoms with Crippen LogP contribution in [0.2, 0.25) is 0 Å². The molecule has 3 rings (SSSR count). The van der Waals surface area contributed by atoms with Crippen LogP contribution in [-0.4, -0.2) is 61.5 Å². The third-order valence-corrected chi connectivity index (χ3v) is 4.99. The van der Waals surface area contributed by atoms with Gasteiger partial charge in [0.2, 0.25) is 0 Å². The molecule has 1 aliphatic heterocycles. The highest BCUT2D eigenvalue weighted by atomic mass is 16.5. The summed E-state index contributed by atoms with van der Waals surface area (Å²) in [5.41, 5.74) is -0.0247. The van der Waals surface area contributed by atoms with E-state index in [-0.39, 0.29) is 5.54 Å². The summed E-state index contributed by atoms with van der Waals surface area (Å²) in [6.45, 7) is 4.48. The van der Waals surface area contributed by atoms with Crippen LogP contribution in [0.15, 0.2) is 0 Å². The number of nitrogens with zero attached hydrogens (tertiary/aromatic N) is 1. The van der Waals surface area contributed by atoms with E-state index in [1.807, 2.05) is 0 Å². The minimum absolute atomic E-state index is 0.0247. The Morgan fingerprint density at radius 3 is 2.63 bits per heavy atom. The first-order valence-corrected chi connectivity index (χ1v) is 7.85. The van der Waals surface area contributed by atoms with Gasteiger partial charge in [-0.05, 0) is 50.5 Å². The molecule has 0 radical (unpaired) electrons. The predicted molar refractivity (Wildman–Crippen MR) is 75.1 cm³/mol. The Labute approximate surface area is 116 Å². The molecule has 0 aromatic rings. The SMILES string of the molecule is COCC1CCN(CC(CO)(NC2CC2)C2CC2)C1. The van der Waals surface area contributed by atoms with E-state index < -0.39 is 0 Å². The van der Waals surface area contributed by atoms with Crippen molar-refractivity contribution in [3.63, 3.8) is 0 Å². The fraction of sp³-hybridized carbons (Fsp3) is 1.00. The van der Waals surface area contributed by atoms with Crippen LogP contribution in [-0.2, 0) is 4.74 Å². The third kappa shape index (κ3) is 3.30. The van der Waals surface area contributed by atoms with Gasteiger partial charge in [-0.1, -0.05) is 0 Å². The van der Waals surface area contributed by atoms with Gasteiger partial charge in [0.1, 0.15) is 0 Å². The number of likely N-dealkylation sites (tertiary alicyclic amines) is 1. The second-order valence-electron chi connectivity index (χ2n) is 6.85. The van der Waals surface area contributed by atoms with Crippen molar-refractivity contribution in [3.8, 4) is 0 Å². The summed E-state index contributed by atoms with van der Waals surface area (Å²) in [6.07, 6.45) is 6.40. The summed E-state index contributed by atoms with van der Waals surface area (Å²) in [4.78, 5) is 2.54. The van der Waals surface area contributed by atoms with E-state index >= 15 is 0 Å². The lowest BCUT2D eigenvalue weighted by Crippen LogP contribution is -2.58. The molecule has 0 bridgehead atoms. The lowest BCUT2D eigenvalue weighted by atomic mass is 9.93. The van der Waals surface area contributed by atoms with Gasteiger partial charge in [-0.15, -0.1) is 0 Å². The summed E-state index contributed by atoms with van der Waals surface area (Å²) in [5.74, 6) is 1.38. The molecule has 3 aliphatic rings. The summed E-state index contributed by atoms with van der Waals surface area (Å²) in [6, 6.07) is 0.671. The topological polar surface area (TPSA) is 44.7 Å². The van der Waals surface area contributed by atoms with Crippen molar-refractivity contribution in [2.45, 2.75) is 43.7 Å². The lowest BCUT2D eigenvalue weighted by molar-refractivity contribution is 0.0927. The van der Waals surface area contributed by atoms with Crippen LogP contribution >= 0.6 is 0 Å². The van der Waals surface area contributed by atoms with Gasteiger partial charge >= 0.3 is 0 Å². The first kappa shape index (κ1) is 13.8. The standard InChI is InChI=1S/C15H28N2O2/c1-19-9-12-6-7-17(8-12)10-15(11-18,13-2-3-13)16-14-4-5-14/h12-14,16,18H,2-11H2,1H3. The second-order valence-corrected chi connectivity index (χ2v) is 6.85. The Morgan fingerprint density at radius 1 is 1.26 bits per heavy atom. The zero-order valence-corrected chi connectivity index (χ0v) is 12.1. The maximum Gasteiger partial charge on any atom is 0.0628 e. The van der Waals surface area contributed by atoms with E-state index in [0.29, 0.717) is 24.5 Å². The van der Waals surface area contributed by atoms with Gasteiger partial charge in [0.25, 0.3) is 0 Å². The normalized spacial score (nSPS) is 31.6. The molecular formula is C15H28N2O2. The van der Waals surface area contributed by atoms with Crippen LogP contribution < -0.4 is 5.32 Å². The molecule has 0 aromatic heterocycles. The number of rotatable bonds is 8. The van der Waals surface area contributed by atoms with E-state index in [1.165, 1.54) is 32.1 Å². The number of aliphatic hydroxyl groups excluding tert-OH is 1. The molecule has 0 amide bonds. The van der Waals surface area contributed by atoms with Gasteiger partial charge < -0.3 is 20.1 Å². The summed E-state index contributed by atoms with van der Waals surface area (Å²) >= 11 is 0. The molecule has 2 N–H and O–H groups in total. The number of hydrogen-bond donors (Lipinski definition) is 2. The summed E-state index contributed by atoms with van der Waals surface area (Å²) < 4.78 is 5.27. The first-order valence-electron chi connectivity index (χ1n) is 7.85. The molecule has 1 heterocycles. The van der Waals surface area contributed by atoms with E-state index in [2.05, 4.69) is 10.2 Å². The van der Waals surface area contributed by atoms with Gasteiger partial charge in [-0.25, -0.2) is 0 Å². The molecule has 110 valence electrons. The van der Waals surface area contributed by atoms with Gasteiger partial charge in [0.15, 0.2) is 0 Å². The maximum absolute atomic E-state index is 9.98. The Morgan fingerprint density at radius 2 is 2.05 bits per heavy atom. The fourth-order valence-electron chi connectivity index (χ4n) is 3.61. The van der Waals surface area contributed by atoms with Crippen LogP contribution in [0.25, 0.3) is 0 Å². The Kier molecular flexibility index (Phi) is 4.13. The molecule has 4 heteroatoms. The largest absolute Gasteiger partial charge is 0.394 e. The van der Waals surface area contributed by atoms with Crippen LogP contribution in [0.3, 0.4) is 0 Å². The molecule has 2 aliphatic carbocycles. The third-order valence-electron chi connectivity index (χ3n) is 4.99. The average molecular weight is 268 g/mol. The number of ether oxygens (including phenoxy) is 1. The van der Waals surface area contributed by atoms with E-state index in [9.17, 15) is 5.11 Å². The van der Waals surface area contributed by atoms with Crippen molar-refractivity contribution >= 4 is 0 Å². The van der Waals surface area contributed by atoms with Gasteiger partial charge in [-0.3, -0.25) is 0 Å². The maximum atomic E-state index is 9.98. The molecule has 0 spiro atoms. The van der Waals surface area contributed by atoms with Crippen LogP contribution in [0.1, 0.15) is 32.1 Å². The highest BCUT2D eigenvalue weighted by molar-refractivity contribution is 5.06. The Balaban J connectivity index is 1.57. The molecule has 2 unspecified atom stereocenters. The van der Waals surface area contributed by atoms with Gasteiger partial charge in [-0.2, -0.15) is 0 Å².